The summed E-state index contributed by atoms with van der Waals surface area (Å²) in [6.07, 6.45) is 45.6. The number of allylic oxidation sites excluding steroid dienone is 5. The molecule has 3 N–H and O–H groups in total. The highest BCUT2D eigenvalue weighted by molar-refractivity contribution is 7.85. The van der Waals surface area contributed by atoms with E-state index in [0.717, 1.165) is 44.9 Å². The zero-order valence-corrected chi connectivity index (χ0v) is 32.2. The van der Waals surface area contributed by atoms with Crippen LogP contribution in [0.4, 0.5) is 0 Å². The van der Waals surface area contributed by atoms with Crippen LogP contribution in [0.5, 0.6) is 0 Å². The van der Waals surface area contributed by atoms with Crippen molar-refractivity contribution in [3.63, 3.8) is 0 Å². The molecule has 0 radical (unpaired) electrons. The van der Waals surface area contributed by atoms with Crippen molar-refractivity contribution in [3.8, 4) is 0 Å². The molecule has 0 saturated carbocycles. The van der Waals surface area contributed by atoms with Crippen molar-refractivity contribution in [1.29, 1.82) is 0 Å². The number of amides is 1. The minimum absolute atomic E-state index is 0.288. The Balaban J connectivity index is 3.91. The SMILES string of the molecule is CCCCC/C=C/CC/C=C/CC/C=C/C(O)C(CS(=O)(=O)O)NC(=O)CCCCCCCCCCCCCCCCCCCCCC. The molecule has 0 bridgehead atoms. The van der Waals surface area contributed by atoms with Gasteiger partial charge in [0.25, 0.3) is 10.1 Å². The lowest BCUT2D eigenvalue weighted by Gasteiger charge is -2.21. The molecule has 0 fully saturated rings. The third-order valence-electron chi connectivity index (χ3n) is 9.05. The fourth-order valence-corrected chi connectivity index (χ4v) is 6.74. The molecule has 7 heteroatoms. The summed E-state index contributed by atoms with van der Waals surface area (Å²) in [7, 11) is -4.35. The Morgan fingerprint density at radius 1 is 0.542 bits per heavy atom. The van der Waals surface area contributed by atoms with Crippen LogP contribution >= 0.6 is 0 Å². The quantitative estimate of drug-likeness (QED) is 0.0344. The maximum Gasteiger partial charge on any atom is 0.267 e. The van der Waals surface area contributed by atoms with Crippen LogP contribution < -0.4 is 5.32 Å². The third kappa shape index (κ3) is 35.9. The highest BCUT2D eigenvalue weighted by Crippen LogP contribution is 2.15. The maximum atomic E-state index is 12.5. The predicted molar refractivity (Wildman–Crippen MR) is 207 cm³/mol. The van der Waals surface area contributed by atoms with Gasteiger partial charge in [0.1, 0.15) is 0 Å². The number of aliphatic hydroxyl groups excluding tert-OH is 1. The predicted octanol–water partition coefficient (Wildman–Crippen LogP) is 11.7. The molecule has 2 atom stereocenters. The zero-order valence-electron chi connectivity index (χ0n) is 31.4. The van der Waals surface area contributed by atoms with Gasteiger partial charge in [0, 0.05) is 6.42 Å². The van der Waals surface area contributed by atoms with E-state index in [0.29, 0.717) is 6.42 Å². The van der Waals surface area contributed by atoms with Crippen LogP contribution in [0.1, 0.15) is 200 Å². The fourth-order valence-electron chi connectivity index (χ4n) is 6.01. The lowest BCUT2D eigenvalue weighted by Crippen LogP contribution is -2.46. The van der Waals surface area contributed by atoms with Crippen LogP contribution in [-0.4, -0.2) is 41.9 Å². The number of unbranched alkanes of at least 4 members (excludes halogenated alkanes) is 24. The number of hydrogen-bond acceptors (Lipinski definition) is 4. The molecule has 0 aromatic rings. The first-order valence-corrected chi connectivity index (χ1v) is 21.8. The average molecular weight is 696 g/mol. The number of carbonyl (C=O) groups is 1. The summed E-state index contributed by atoms with van der Waals surface area (Å²) in [5.41, 5.74) is 0. The van der Waals surface area contributed by atoms with Crippen molar-refractivity contribution < 1.29 is 22.9 Å². The van der Waals surface area contributed by atoms with E-state index < -0.39 is 28.0 Å². The largest absolute Gasteiger partial charge is 0.387 e. The van der Waals surface area contributed by atoms with Gasteiger partial charge < -0.3 is 10.4 Å². The summed E-state index contributed by atoms with van der Waals surface area (Å²) >= 11 is 0. The van der Waals surface area contributed by atoms with E-state index in [1.807, 2.05) is 0 Å². The van der Waals surface area contributed by atoms with E-state index in [4.69, 9.17) is 0 Å². The van der Waals surface area contributed by atoms with Gasteiger partial charge >= 0.3 is 0 Å². The van der Waals surface area contributed by atoms with E-state index in [2.05, 4.69) is 43.5 Å². The second kappa shape index (κ2) is 35.4. The van der Waals surface area contributed by atoms with Gasteiger partial charge in [-0.3, -0.25) is 9.35 Å². The van der Waals surface area contributed by atoms with E-state index in [1.54, 1.807) is 6.08 Å². The summed E-state index contributed by atoms with van der Waals surface area (Å²) in [6.45, 7) is 4.49. The van der Waals surface area contributed by atoms with Crippen molar-refractivity contribution in [2.75, 3.05) is 5.75 Å². The topological polar surface area (TPSA) is 104 Å². The van der Waals surface area contributed by atoms with Crippen molar-refractivity contribution in [2.24, 2.45) is 0 Å². The second-order valence-electron chi connectivity index (χ2n) is 13.9. The summed E-state index contributed by atoms with van der Waals surface area (Å²) < 4.78 is 32.4. The molecule has 0 aliphatic heterocycles. The van der Waals surface area contributed by atoms with E-state index in [1.165, 1.54) is 134 Å². The second-order valence-corrected chi connectivity index (χ2v) is 15.4. The van der Waals surface area contributed by atoms with Crippen molar-refractivity contribution in [1.82, 2.24) is 5.32 Å². The van der Waals surface area contributed by atoms with Crippen molar-refractivity contribution in [2.45, 2.75) is 212 Å². The minimum Gasteiger partial charge on any atom is -0.387 e. The Bertz CT molecular complexity index is 899. The summed E-state index contributed by atoms with van der Waals surface area (Å²) in [6, 6.07) is -1.08. The van der Waals surface area contributed by atoms with Crippen LogP contribution in [0.3, 0.4) is 0 Å². The zero-order chi connectivity index (χ0) is 35.4. The summed E-state index contributed by atoms with van der Waals surface area (Å²) in [5.74, 6) is -1.00. The van der Waals surface area contributed by atoms with Crippen LogP contribution in [-0.2, 0) is 14.9 Å². The van der Waals surface area contributed by atoms with Gasteiger partial charge in [0.05, 0.1) is 17.9 Å². The maximum absolute atomic E-state index is 12.5. The van der Waals surface area contributed by atoms with Gasteiger partial charge in [-0.25, -0.2) is 0 Å². The number of nitrogens with one attached hydrogen (secondary N) is 1. The Morgan fingerprint density at radius 3 is 1.31 bits per heavy atom. The monoisotopic (exact) mass is 696 g/mol. The first-order chi connectivity index (χ1) is 23.3. The van der Waals surface area contributed by atoms with Gasteiger partial charge in [0.2, 0.25) is 5.91 Å². The van der Waals surface area contributed by atoms with Crippen LogP contribution in [0.2, 0.25) is 0 Å². The molecule has 0 aromatic carbocycles. The van der Waals surface area contributed by atoms with E-state index >= 15 is 0 Å². The van der Waals surface area contributed by atoms with Crippen molar-refractivity contribution >= 4 is 16.0 Å². The minimum atomic E-state index is -4.35. The summed E-state index contributed by atoms with van der Waals surface area (Å²) in [5, 5.41) is 13.2. The molecule has 0 aromatic heterocycles. The Hall–Kier alpha value is -1.44. The molecule has 0 aliphatic rings. The molecule has 6 nitrogen and oxygen atoms in total. The molecule has 0 heterocycles. The molecule has 1 amide bonds. The lowest BCUT2D eigenvalue weighted by molar-refractivity contribution is -0.122. The highest BCUT2D eigenvalue weighted by Gasteiger charge is 2.24. The molecule has 0 saturated heterocycles. The Kier molecular flexibility index (Phi) is 34.3. The van der Waals surface area contributed by atoms with Crippen LogP contribution in [0.15, 0.2) is 36.5 Å². The van der Waals surface area contributed by atoms with Crippen molar-refractivity contribution in [3.05, 3.63) is 36.5 Å². The Morgan fingerprint density at radius 2 is 0.896 bits per heavy atom. The molecular weight excluding hydrogens is 619 g/mol. The highest BCUT2D eigenvalue weighted by atomic mass is 32.2. The molecular formula is C41H77NO5S. The van der Waals surface area contributed by atoms with Gasteiger partial charge in [-0.2, -0.15) is 8.42 Å². The lowest BCUT2D eigenvalue weighted by atomic mass is 10.0. The van der Waals surface area contributed by atoms with Crippen LogP contribution in [0, 0.1) is 0 Å². The third-order valence-corrected chi connectivity index (χ3v) is 9.83. The number of carbonyl (C=O) groups excluding carboxylic acids is 1. The normalized spacial score (nSPS) is 13.7. The van der Waals surface area contributed by atoms with Crippen LogP contribution in [0.25, 0.3) is 0 Å². The molecule has 0 aliphatic carbocycles. The number of hydrogen-bond donors (Lipinski definition) is 3. The van der Waals surface area contributed by atoms with E-state index in [9.17, 15) is 22.9 Å². The van der Waals surface area contributed by atoms with Gasteiger partial charge in [-0.15, -0.1) is 0 Å². The standard InChI is InChI=1S/C41H77NO5S/c1-3-5-7-9-11-13-15-17-18-19-20-21-22-23-25-27-29-31-33-35-37-41(44)42-39(38-48(45,46)47)40(43)36-34-32-30-28-26-24-16-14-12-10-8-6-4-2/h12,14,26,28,34,36,39-40,43H,3-11,13,15-25,27,29-33,35,37-38H2,1-2H3,(H,42,44)(H,45,46,47)/b14-12+,28-26+,36-34+. The van der Waals surface area contributed by atoms with Gasteiger partial charge in [-0.1, -0.05) is 185 Å². The first kappa shape index (κ1) is 46.6. The molecule has 48 heavy (non-hydrogen) atoms. The smallest absolute Gasteiger partial charge is 0.267 e. The Labute approximate surface area is 297 Å². The molecule has 0 rings (SSSR count). The number of rotatable bonds is 36. The molecule has 282 valence electrons. The first-order valence-electron chi connectivity index (χ1n) is 20.2. The molecule has 0 spiro atoms. The molecule has 2 unspecified atom stereocenters. The van der Waals surface area contributed by atoms with Gasteiger partial charge in [0.15, 0.2) is 0 Å². The number of aliphatic hydroxyl groups is 1. The fraction of sp³-hybridized carbons (Fsp3) is 0.829. The van der Waals surface area contributed by atoms with Gasteiger partial charge in [-0.05, 0) is 44.9 Å². The summed E-state index contributed by atoms with van der Waals surface area (Å²) in [4.78, 5) is 12.5. The van der Waals surface area contributed by atoms with E-state index in [-0.39, 0.29) is 12.3 Å². The average Bonchev–Trinajstić information content (AvgIpc) is 3.05.